The van der Waals surface area contributed by atoms with Crippen LogP contribution in [-0.4, -0.2) is 26.4 Å². The van der Waals surface area contributed by atoms with Gasteiger partial charge in [0.15, 0.2) is 0 Å². The van der Waals surface area contributed by atoms with Gasteiger partial charge in [-0.15, -0.1) is 5.10 Å². The summed E-state index contributed by atoms with van der Waals surface area (Å²) in [5.41, 5.74) is 3.54. The van der Waals surface area contributed by atoms with Gasteiger partial charge in [0.1, 0.15) is 0 Å². The highest BCUT2D eigenvalue weighted by molar-refractivity contribution is 7.05. The molecule has 0 aliphatic rings. The zero-order chi connectivity index (χ0) is 14.5. The third kappa shape index (κ3) is 3.07. The Labute approximate surface area is 124 Å². The van der Waals surface area contributed by atoms with Crippen LogP contribution >= 0.6 is 11.5 Å². The van der Waals surface area contributed by atoms with Crippen molar-refractivity contribution in [1.82, 2.24) is 24.7 Å². The lowest BCUT2D eigenvalue weighted by molar-refractivity contribution is 0.542. The number of nitrogens with one attached hydrogen (secondary N) is 1. The minimum atomic E-state index is 0.261. The van der Waals surface area contributed by atoms with Crippen LogP contribution in [0.15, 0.2) is 6.07 Å². The van der Waals surface area contributed by atoms with Crippen molar-refractivity contribution in [3.8, 4) is 0 Å². The van der Waals surface area contributed by atoms with Crippen molar-refractivity contribution in [1.29, 1.82) is 0 Å². The Hall–Kier alpha value is -1.27. The van der Waals surface area contributed by atoms with Crippen LogP contribution in [0.25, 0.3) is 0 Å². The Morgan fingerprint density at radius 2 is 2.10 bits per heavy atom. The van der Waals surface area contributed by atoms with Crippen LogP contribution in [0, 0.1) is 0 Å². The van der Waals surface area contributed by atoms with E-state index in [1.54, 1.807) is 0 Å². The number of likely N-dealkylation sites (N-methyl/N-ethyl adjacent to an activating group) is 1. The summed E-state index contributed by atoms with van der Waals surface area (Å²) in [4.78, 5) is 1.25. The highest BCUT2D eigenvalue weighted by Crippen LogP contribution is 2.24. The van der Waals surface area contributed by atoms with E-state index in [1.165, 1.54) is 22.1 Å². The van der Waals surface area contributed by atoms with Gasteiger partial charge in [-0.2, -0.15) is 5.10 Å². The fourth-order valence-electron chi connectivity index (χ4n) is 2.39. The number of aromatic nitrogens is 4. The Bertz CT molecular complexity index is 546. The average Bonchev–Trinajstić information content (AvgIpc) is 3.10. The highest BCUT2D eigenvalue weighted by Gasteiger charge is 2.19. The summed E-state index contributed by atoms with van der Waals surface area (Å²) in [5.74, 6) is 0. The van der Waals surface area contributed by atoms with E-state index >= 15 is 0 Å². The summed E-state index contributed by atoms with van der Waals surface area (Å²) in [7, 11) is 2.00. The second-order valence-electron chi connectivity index (χ2n) is 4.78. The first-order chi connectivity index (χ1) is 9.73. The molecule has 0 aliphatic heterocycles. The summed E-state index contributed by atoms with van der Waals surface area (Å²) in [5, 5.41) is 12.2. The third-order valence-corrected chi connectivity index (χ3v) is 4.45. The van der Waals surface area contributed by atoms with Crippen molar-refractivity contribution in [2.45, 2.75) is 52.6 Å². The van der Waals surface area contributed by atoms with Crippen molar-refractivity contribution in [2.24, 2.45) is 0 Å². The van der Waals surface area contributed by atoms with Gasteiger partial charge in [-0.3, -0.25) is 4.68 Å². The van der Waals surface area contributed by atoms with Gasteiger partial charge in [-0.25, -0.2) is 0 Å². The van der Waals surface area contributed by atoms with Gasteiger partial charge in [0.05, 0.1) is 22.3 Å². The molecule has 5 nitrogen and oxygen atoms in total. The van der Waals surface area contributed by atoms with Crippen LogP contribution in [0.2, 0.25) is 0 Å². The maximum Gasteiger partial charge on any atom is 0.0801 e. The predicted molar refractivity (Wildman–Crippen MR) is 82.1 cm³/mol. The van der Waals surface area contributed by atoms with Gasteiger partial charge >= 0.3 is 0 Å². The molecule has 1 unspecified atom stereocenters. The molecule has 2 aromatic heterocycles. The van der Waals surface area contributed by atoms with Gasteiger partial charge in [-0.05, 0) is 44.4 Å². The Kier molecular flexibility index (Phi) is 5.25. The molecule has 2 rings (SSSR count). The number of nitrogens with zero attached hydrogens (tertiary/aromatic N) is 4. The van der Waals surface area contributed by atoms with E-state index < -0.39 is 0 Å². The largest absolute Gasteiger partial charge is 0.312 e. The third-order valence-electron chi connectivity index (χ3n) is 3.57. The number of hydrogen-bond donors (Lipinski definition) is 1. The summed E-state index contributed by atoms with van der Waals surface area (Å²) in [6.45, 7) is 7.31. The maximum absolute atomic E-state index is 4.62. The molecule has 2 aromatic rings. The Balaban J connectivity index is 2.24. The second kappa shape index (κ2) is 6.95. The van der Waals surface area contributed by atoms with Crippen LogP contribution < -0.4 is 5.32 Å². The Morgan fingerprint density at radius 3 is 2.70 bits per heavy atom. The zero-order valence-corrected chi connectivity index (χ0v) is 13.5. The second-order valence-corrected chi connectivity index (χ2v) is 5.56. The SMILES string of the molecule is CCc1cc(CC(NC)c2snnc2CC)n(CC)n1. The lowest BCUT2D eigenvalue weighted by Crippen LogP contribution is -2.20. The molecule has 0 bridgehead atoms. The molecule has 1 N–H and O–H groups in total. The number of hydrogen-bond acceptors (Lipinski definition) is 5. The molecule has 0 aliphatic carbocycles. The van der Waals surface area contributed by atoms with Crippen LogP contribution in [-0.2, 0) is 25.8 Å². The number of rotatable bonds is 7. The monoisotopic (exact) mass is 293 g/mol. The first-order valence-electron chi connectivity index (χ1n) is 7.27. The molecule has 2 heterocycles. The maximum atomic E-state index is 4.62. The van der Waals surface area contributed by atoms with Crippen molar-refractivity contribution < 1.29 is 0 Å². The smallest absolute Gasteiger partial charge is 0.0801 e. The van der Waals surface area contributed by atoms with E-state index in [-0.39, 0.29) is 6.04 Å². The quantitative estimate of drug-likeness (QED) is 0.851. The van der Waals surface area contributed by atoms with Crippen molar-refractivity contribution >= 4 is 11.5 Å². The van der Waals surface area contributed by atoms with E-state index in [9.17, 15) is 0 Å². The average molecular weight is 293 g/mol. The summed E-state index contributed by atoms with van der Waals surface area (Å²) in [6, 6.07) is 2.48. The van der Waals surface area contributed by atoms with E-state index in [4.69, 9.17) is 0 Å². The first kappa shape index (κ1) is 15.1. The van der Waals surface area contributed by atoms with Gasteiger partial charge < -0.3 is 5.32 Å². The zero-order valence-electron chi connectivity index (χ0n) is 12.7. The molecule has 6 heteroatoms. The molecule has 0 saturated heterocycles. The van der Waals surface area contributed by atoms with Crippen molar-refractivity contribution in [3.63, 3.8) is 0 Å². The standard InChI is InChI=1S/C14H23N5S/c1-5-10-8-11(19(7-3)17-10)9-13(15-4)14-12(6-2)16-18-20-14/h8,13,15H,5-7,9H2,1-4H3. The lowest BCUT2D eigenvalue weighted by atomic mass is 10.1. The highest BCUT2D eigenvalue weighted by atomic mass is 32.1. The molecular formula is C14H23N5S. The van der Waals surface area contributed by atoms with E-state index in [1.807, 2.05) is 7.05 Å². The van der Waals surface area contributed by atoms with Crippen molar-refractivity contribution in [3.05, 3.63) is 28.0 Å². The fourth-order valence-corrected chi connectivity index (χ4v) is 3.23. The van der Waals surface area contributed by atoms with E-state index in [0.717, 1.165) is 37.2 Å². The van der Waals surface area contributed by atoms with Gasteiger partial charge in [0.25, 0.3) is 0 Å². The van der Waals surface area contributed by atoms with E-state index in [2.05, 4.69) is 51.5 Å². The van der Waals surface area contributed by atoms with Crippen LogP contribution in [0.5, 0.6) is 0 Å². The van der Waals surface area contributed by atoms with Crippen LogP contribution in [0.4, 0.5) is 0 Å². The van der Waals surface area contributed by atoms with Gasteiger partial charge in [0.2, 0.25) is 0 Å². The van der Waals surface area contributed by atoms with Gasteiger partial charge in [0, 0.05) is 18.7 Å². The molecule has 0 spiro atoms. The molecule has 0 fully saturated rings. The minimum Gasteiger partial charge on any atom is -0.312 e. The molecule has 0 radical (unpaired) electrons. The summed E-state index contributed by atoms with van der Waals surface area (Å²) >= 11 is 1.50. The molecule has 0 saturated carbocycles. The normalized spacial score (nSPS) is 12.8. The molecule has 20 heavy (non-hydrogen) atoms. The summed E-state index contributed by atoms with van der Waals surface area (Å²) < 4.78 is 6.20. The Morgan fingerprint density at radius 1 is 1.30 bits per heavy atom. The molecule has 1 atom stereocenters. The van der Waals surface area contributed by atoms with Crippen LogP contribution in [0.3, 0.4) is 0 Å². The fraction of sp³-hybridized carbons (Fsp3) is 0.643. The first-order valence-corrected chi connectivity index (χ1v) is 8.04. The predicted octanol–water partition coefficient (Wildman–Crippen LogP) is 2.38. The lowest BCUT2D eigenvalue weighted by Gasteiger charge is -2.15. The molecule has 0 amide bonds. The van der Waals surface area contributed by atoms with Gasteiger partial charge in [-0.1, -0.05) is 18.3 Å². The number of aryl methyl sites for hydroxylation is 3. The van der Waals surface area contributed by atoms with E-state index in [0.29, 0.717) is 0 Å². The molecule has 0 aromatic carbocycles. The minimum absolute atomic E-state index is 0.261. The topological polar surface area (TPSA) is 55.6 Å². The van der Waals surface area contributed by atoms with Crippen LogP contribution in [0.1, 0.15) is 48.8 Å². The molecule has 110 valence electrons. The van der Waals surface area contributed by atoms with Crippen molar-refractivity contribution in [2.75, 3.05) is 7.05 Å². The molecular weight excluding hydrogens is 270 g/mol. The summed E-state index contributed by atoms with van der Waals surface area (Å²) in [6.07, 6.45) is 2.83.